The van der Waals surface area contributed by atoms with Crippen molar-refractivity contribution in [3.63, 3.8) is 0 Å². The van der Waals surface area contributed by atoms with Gasteiger partial charge in [-0.15, -0.1) is 0 Å². The van der Waals surface area contributed by atoms with Gasteiger partial charge < -0.3 is 9.67 Å². The number of imidazole rings is 1. The molecule has 18 heavy (non-hydrogen) atoms. The SMILES string of the molecule is CCCCCc1nc2ccccc2n1CC(=O)O. The van der Waals surface area contributed by atoms with Gasteiger partial charge in [0.15, 0.2) is 0 Å². The molecule has 0 saturated heterocycles. The first kappa shape index (κ1) is 12.6. The van der Waals surface area contributed by atoms with Crippen LogP contribution in [0.5, 0.6) is 0 Å². The van der Waals surface area contributed by atoms with Gasteiger partial charge in [0.05, 0.1) is 11.0 Å². The maximum absolute atomic E-state index is 10.9. The summed E-state index contributed by atoms with van der Waals surface area (Å²) in [5, 5.41) is 8.99. The zero-order valence-corrected chi connectivity index (χ0v) is 10.6. The lowest BCUT2D eigenvalue weighted by atomic mass is 10.2. The molecule has 2 rings (SSSR count). The van der Waals surface area contributed by atoms with Crippen molar-refractivity contribution in [3.8, 4) is 0 Å². The van der Waals surface area contributed by atoms with E-state index >= 15 is 0 Å². The number of aromatic nitrogens is 2. The summed E-state index contributed by atoms with van der Waals surface area (Å²) in [5.41, 5.74) is 1.79. The first-order valence-corrected chi connectivity index (χ1v) is 6.38. The smallest absolute Gasteiger partial charge is 0.323 e. The molecule has 96 valence electrons. The lowest BCUT2D eigenvalue weighted by molar-refractivity contribution is -0.137. The van der Waals surface area contributed by atoms with Crippen LogP contribution in [0.25, 0.3) is 11.0 Å². The fraction of sp³-hybridized carbons (Fsp3) is 0.429. The average Bonchev–Trinajstić information content (AvgIpc) is 2.68. The third-order valence-corrected chi connectivity index (χ3v) is 3.03. The molecule has 0 amide bonds. The topological polar surface area (TPSA) is 55.1 Å². The van der Waals surface area contributed by atoms with Crippen LogP contribution in [-0.2, 0) is 17.8 Å². The van der Waals surface area contributed by atoms with E-state index in [9.17, 15) is 4.79 Å². The lowest BCUT2D eigenvalue weighted by Crippen LogP contribution is -2.12. The fourth-order valence-corrected chi connectivity index (χ4v) is 2.16. The number of hydrogen-bond acceptors (Lipinski definition) is 2. The Labute approximate surface area is 106 Å². The molecule has 0 radical (unpaired) electrons. The molecule has 4 heteroatoms. The summed E-state index contributed by atoms with van der Waals surface area (Å²) < 4.78 is 1.81. The van der Waals surface area contributed by atoms with Gasteiger partial charge in [0.25, 0.3) is 0 Å². The van der Waals surface area contributed by atoms with Crippen molar-refractivity contribution in [3.05, 3.63) is 30.1 Å². The number of aryl methyl sites for hydroxylation is 1. The van der Waals surface area contributed by atoms with E-state index < -0.39 is 5.97 Å². The number of unbranched alkanes of at least 4 members (excludes halogenated alkanes) is 2. The quantitative estimate of drug-likeness (QED) is 0.797. The molecule has 1 aromatic heterocycles. The summed E-state index contributed by atoms with van der Waals surface area (Å²) in [4.78, 5) is 15.5. The van der Waals surface area contributed by atoms with Crippen molar-refractivity contribution in [2.24, 2.45) is 0 Å². The van der Waals surface area contributed by atoms with Gasteiger partial charge in [0, 0.05) is 6.42 Å². The standard InChI is InChI=1S/C14H18N2O2/c1-2-3-4-9-13-15-11-7-5-6-8-12(11)16(13)10-14(17)18/h5-8H,2-4,9-10H2,1H3,(H,17,18). The Bertz CT molecular complexity index is 546. The van der Waals surface area contributed by atoms with Gasteiger partial charge in [-0.05, 0) is 18.6 Å². The predicted octanol–water partition coefficient (Wildman–Crippen LogP) is 2.85. The molecule has 1 heterocycles. The van der Waals surface area contributed by atoms with Crippen molar-refractivity contribution in [2.45, 2.75) is 39.2 Å². The Morgan fingerprint density at radius 3 is 2.83 bits per heavy atom. The van der Waals surface area contributed by atoms with Crippen LogP contribution in [-0.4, -0.2) is 20.6 Å². The van der Waals surface area contributed by atoms with Gasteiger partial charge in [-0.1, -0.05) is 31.9 Å². The van der Waals surface area contributed by atoms with E-state index in [1.807, 2.05) is 28.8 Å². The Hall–Kier alpha value is -1.84. The number of carbonyl (C=O) groups is 1. The molecule has 0 aliphatic heterocycles. The second-order valence-corrected chi connectivity index (χ2v) is 4.45. The predicted molar refractivity (Wildman–Crippen MR) is 70.6 cm³/mol. The Balaban J connectivity index is 2.33. The average molecular weight is 246 g/mol. The Morgan fingerprint density at radius 2 is 2.11 bits per heavy atom. The van der Waals surface area contributed by atoms with Crippen LogP contribution in [0.4, 0.5) is 0 Å². The molecular formula is C14H18N2O2. The number of rotatable bonds is 6. The number of para-hydroxylation sites is 2. The molecule has 0 saturated carbocycles. The summed E-state index contributed by atoms with van der Waals surface area (Å²) >= 11 is 0. The largest absolute Gasteiger partial charge is 0.480 e. The van der Waals surface area contributed by atoms with Crippen LogP contribution in [0, 0.1) is 0 Å². The van der Waals surface area contributed by atoms with E-state index in [0.29, 0.717) is 0 Å². The van der Waals surface area contributed by atoms with E-state index in [-0.39, 0.29) is 6.54 Å². The van der Waals surface area contributed by atoms with E-state index in [1.54, 1.807) is 0 Å². The minimum Gasteiger partial charge on any atom is -0.480 e. The van der Waals surface area contributed by atoms with Crippen LogP contribution >= 0.6 is 0 Å². The summed E-state index contributed by atoms with van der Waals surface area (Å²) in [7, 11) is 0. The van der Waals surface area contributed by atoms with E-state index in [2.05, 4.69) is 11.9 Å². The molecule has 0 unspecified atom stereocenters. The zero-order valence-electron chi connectivity index (χ0n) is 10.6. The molecular weight excluding hydrogens is 228 g/mol. The fourth-order valence-electron chi connectivity index (χ4n) is 2.16. The van der Waals surface area contributed by atoms with Gasteiger partial charge in [0.1, 0.15) is 12.4 Å². The zero-order chi connectivity index (χ0) is 13.0. The van der Waals surface area contributed by atoms with Crippen molar-refractivity contribution >= 4 is 17.0 Å². The minimum atomic E-state index is -0.824. The molecule has 0 atom stereocenters. The van der Waals surface area contributed by atoms with Crippen molar-refractivity contribution in [1.82, 2.24) is 9.55 Å². The molecule has 4 nitrogen and oxygen atoms in total. The van der Waals surface area contributed by atoms with E-state index in [4.69, 9.17) is 5.11 Å². The molecule has 0 fully saturated rings. The normalized spacial score (nSPS) is 10.9. The van der Waals surface area contributed by atoms with Gasteiger partial charge in [-0.25, -0.2) is 4.98 Å². The summed E-state index contributed by atoms with van der Waals surface area (Å²) in [6, 6.07) is 7.69. The number of fused-ring (bicyclic) bond motifs is 1. The van der Waals surface area contributed by atoms with Crippen LogP contribution in [0.1, 0.15) is 32.0 Å². The second kappa shape index (κ2) is 5.67. The molecule has 0 aliphatic rings. The second-order valence-electron chi connectivity index (χ2n) is 4.45. The molecule has 2 aromatic rings. The molecule has 1 N–H and O–H groups in total. The highest BCUT2D eigenvalue weighted by Gasteiger charge is 2.12. The Morgan fingerprint density at radius 1 is 1.33 bits per heavy atom. The first-order chi connectivity index (χ1) is 8.72. The highest BCUT2D eigenvalue weighted by Crippen LogP contribution is 2.17. The third-order valence-electron chi connectivity index (χ3n) is 3.03. The maximum Gasteiger partial charge on any atom is 0.323 e. The highest BCUT2D eigenvalue weighted by atomic mass is 16.4. The first-order valence-electron chi connectivity index (χ1n) is 6.38. The van der Waals surface area contributed by atoms with Crippen LogP contribution < -0.4 is 0 Å². The van der Waals surface area contributed by atoms with Gasteiger partial charge in [-0.2, -0.15) is 0 Å². The molecule has 0 spiro atoms. The van der Waals surface area contributed by atoms with Crippen molar-refractivity contribution in [1.29, 1.82) is 0 Å². The lowest BCUT2D eigenvalue weighted by Gasteiger charge is -2.05. The van der Waals surface area contributed by atoms with E-state index in [0.717, 1.165) is 42.5 Å². The number of nitrogens with zero attached hydrogens (tertiary/aromatic N) is 2. The maximum atomic E-state index is 10.9. The Kier molecular flexibility index (Phi) is 3.97. The van der Waals surface area contributed by atoms with Crippen molar-refractivity contribution in [2.75, 3.05) is 0 Å². The number of hydrogen-bond donors (Lipinski definition) is 1. The number of carboxylic acids is 1. The minimum absolute atomic E-state index is 0.0119. The number of carboxylic acid groups (broad SMARTS) is 1. The summed E-state index contributed by atoms with van der Waals surface area (Å²) in [6.45, 7) is 2.14. The van der Waals surface area contributed by atoms with E-state index in [1.165, 1.54) is 0 Å². The van der Waals surface area contributed by atoms with Gasteiger partial charge >= 0.3 is 5.97 Å². The monoisotopic (exact) mass is 246 g/mol. The summed E-state index contributed by atoms with van der Waals surface area (Å²) in [5.74, 6) is 0.0574. The van der Waals surface area contributed by atoms with Gasteiger partial charge in [-0.3, -0.25) is 4.79 Å². The van der Waals surface area contributed by atoms with Crippen LogP contribution in [0.3, 0.4) is 0 Å². The summed E-state index contributed by atoms with van der Waals surface area (Å²) in [6.07, 6.45) is 4.20. The highest BCUT2D eigenvalue weighted by molar-refractivity contribution is 5.78. The van der Waals surface area contributed by atoms with Crippen LogP contribution in [0.2, 0.25) is 0 Å². The molecule has 1 aromatic carbocycles. The number of benzene rings is 1. The number of aliphatic carboxylic acids is 1. The molecule has 0 aliphatic carbocycles. The van der Waals surface area contributed by atoms with Crippen LogP contribution in [0.15, 0.2) is 24.3 Å². The van der Waals surface area contributed by atoms with Gasteiger partial charge in [0.2, 0.25) is 0 Å². The third kappa shape index (κ3) is 2.70. The molecule has 0 bridgehead atoms. The van der Waals surface area contributed by atoms with Crippen molar-refractivity contribution < 1.29 is 9.90 Å².